The second-order valence-corrected chi connectivity index (χ2v) is 4.45. The summed E-state index contributed by atoms with van der Waals surface area (Å²) < 4.78 is 0. The lowest BCUT2D eigenvalue weighted by molar-refractivity contribution is 0.272. The van der Waals surface area contributed by atoms with Crippen molar-refractivity contribution in [2.24, 2.45) is 0 Å². The number of hydrogen-bond donors (Lipinski definition) is 1. The Labute approximate surface area is 82.7 Å². The molecule has 0 aromatic rings. The van der Waals surface area contributed by atoms with Crippen LogP contribution in [-0.2, 0) is 0 Å². The summed E-state index contributed by atoms with van der Waals surface area (Å²) in [6.07, 6.45) is 6.20. The van der Waals surface area contributed by atoms with Crippen molar-refractivity contribution in [2.75, 3.05) is 27.2 Å². The van der Waals surface area contributed by atoms with Crippen molar-refractivity contribution in [1.82, 2.24) is 10.2 Å². The number of likely N-dealkylation sites (N-methyl/N-ethyl adjacent to an activating group) is 1. The van der Waals surface area contributed by atoms with Crippen LogP contribution in [0.2, 0.25) is 0 Å². The van der Waals surface area contributed by atoms with E-state index in [0.29, 0.717) is 0 Å². The fraction of sp³-hybridized carbons (Fsp3) is 0.909. The predicted octanol–water partition coefficient (Wildman–Crippen LogP) is 1.55. The van der Waals surface area contributed by atoms with Gasteiger partial charge in [-0.25, -0.2) is 0 Å². The zero-order valence-electron chi connectivity index (χ0n) is 8.97. The van der Waals surface area contributed by atoms with Crippen LogP contribution >= 0.6 is 0 Å². The minimum Gasteiger partial charge on any atom is -0.310 e. The van der Waals surface area contributed by atoms with Gasteiger partial charge in [0.15, 0.2) is 0 Å². The number of rotatable bonds is 4. The Kier molecular flexibility index (Phi) is 4.20. The van der Waals surface area contributed by atoms with E-state index in [0.717, 1.165) is 25.9 Å². The molecule has 0 aromatic heterocycles. The summed E-state index contributed by atoms with van der Waals surface area (Å²) in [6.45, 7) is 8.29. The van der Waals surface area contributed by atoms with Crippen molar-refractivity contribution < 1.29 is 0 Å². The Morgan fingerprint density at radius 3 is 2.38 bits per heavy atom. The average molecular weight is 182 g/mol. The molecule has 2 radical (unpaired) electrons. The van der Waals surface area contributed by atoms with E-state index < -0.39 is 0 Å². The highest BCUT2D eigenvalue weighted by molar-refractivity contribution is 4.93. The first-order valence-corrected chi connectivity index (χ1v) is 5.31. The highest BCUT2D eigenvalue weighted by Crippen LogP contribution is 2.26. The number of nitrogens with one attached hydrogen (secondary N) is 1. The third kappa shape index (κ3) is 4.10. The van der Waals surface area contributed by atoms with Crippen LogP contribution in [0.4, 0.5) is 0 Å². The molecule has 1 N–H and O–H groups in total. The van der Waals surface area contributed by atoms with E-state index in [4.69, 9.17) is 6.92 Å². The van der Waals surface area contributed by atoms with Crippen LogP contribution in [0.5, 0.6) is 0 Å². The van der Waals surface area contributed by atoms with Gasteiger partial charge in [-0.05, 0) is 33.9 Å². The van der Waals surface area contributed by atoms with E-state index in [-0.39, 0.29) is 5.54 Å². The molecule has 1 aliphatic rings. The van der Waals surface area contributed by atoms with Gasteiger partial charge in [-0.1, -0.05) is 19.3 Å². The summed E-state index contributed by atoms with van der Waals surface area (Å²) >= 11 is 0. The second kappa shape index (κ2) is 4.97. The molecule has 1 rings (SSSR count). The van der Waals surface area contributed by atoms with Gasteiger partial charge in [-0.3, -0.25) is 0 Å². The van der Waals surface area contributed by atoms with Gasteiger partial charge in [0, 0.05) is 18.6 Å². The van der Waals surface area contributed by atoms with E-state index in [2.05, 4.69) is 24.3 Å². The van der Waals surface area contributed by atoms with Gasteiger partial charge in [0.05, 0.1) is 0 Å². The first-order valence-electron chi connectivity index (χ1n) is 5.31. The summed E-state index contributed by atoms with van der Waals surface area (Å²) in [5.41, 5.74) is -0.0612. The largest absolute Gasteiger partial charge is 0.310 e. The third-order valence-corrected chi connectivity index (χ3v) is 2.78. The Bertz CT molecular complexity index is 137. The third-order valence-electron chi connectivity index (χ3n) is 2.78. The van der Waals surface area contributed by atoms with Crippen LogP contribution in [0, 0.1) is 6.92 Å². The minimum atomic E-state index is -0.0612. The zero-order valence-corrected chi connectivity index (χ0v) is 8.97. The monoisotopic (exact) mass is 182 g/mol. The Balaban J connectivity index is 2.17. The lowest BCUT2D eigenvalue weighted by Gasteiger charge is -2.34. The molecule has 0 aliphatic heterocycles. The predicted molar refractivity (Wildman–Crippen MR) is 56.7 cm³/mol. The molecule has 76 valence electrons. The Morgan fingerprint density at radius 1 is 1.23 bits per heavy atom. The van der Waals surface area contributed by atoms with Crippen LogP contribution < -0.4 is 5.32 Å². The van der Waals surface area contributed by atoms with Crippen molar-refractivity contribution in [2.45, 2.75) is 37.6 Å². The molecule has 13 heavy (non-hydrogen) atoms. The standard InChI is InChI=1S/C11H22N2/c1-11(7-5-4-6-8-11)12-9-10-13(2)3/h1,12H,4-10H2,2-3H3. The number of hydrogen-bond acceptors (Lipinski definition) is 2. The quantitative estimate of drug-likeness (QED) is 0.709. The molecule has 0 heterocycles. The van der Waals surface area contributed by atoms with Crippen LogP contribution in [-0.4, -0.2) is 37.6 Å². The summed E-state index contributed by atoms with van der Waals surface area (Å²) in [6, 6.07) is 0. The highest BCUT2D eigenvalue weighted by Gasteiger charge is 2.25. The molecule has 0 atom stereocenters. The van der Waals surface area contributed by atoms with Crippen molar-refractivity contribution in [3.8, 4) is 0 Å². The van der Waals surface area contributed by atoms with E-state index in [1.807, 2.05) is 0 Å². The molecule has 0 aromatic carbocycles. The van der Waals surface area contributed by atoms with Crippen molar-refractivity contribution in [3.63, 3.8) is 0 Å². The van der Waals surface area contributed by atoms with Gasteiger partial charge < -0.3 is 10.2 Å². The average Bonchev–Trinajstić information content (AvgIpc) is 2.04. The zero-order chi connectivity index (χ0) is 9.73. The molecule has 1 fully saturated rings. The topological polar surface area (TPSA) is 15.3 Å². The fourth-order valence-electron chi connectivity index (χ4n) is 1.89. The van der Waals surface area contributed by atoms with Gasteiger partial charge in [-0.15, -0.1) is 0 Å². The normalized spacial score (nSPS) is 22.2. The van der Waals surface area contributed by atoms with E-state index in [1.54, 1.807) is 0 Å². The molecular formula is C11H22N2. The van der Waals surface area contributed by atoms with Crippen LogP contribution in [0.15, 0.2) is 0 Å². The molecule has 0 bridgehead atoms. The maximum atomic E-state index is 6.22. The molecule has 0 unspecified atom stereocenters. The van der Waals surface area contributed by atoms with Gasteiger partial charge >= 0.3 is 0 Å². The fourth-order valence-corrected chi connectivity index (χ4v) is 1.89. The van der Waals surface area contributed by atoms with Crippen molar-refractivity contribution in [3.05, 3.63) is 6.92 Å². The summed E-state index contributed by atoms with van der Waals surface area (Å²) in [5, 5.41) is 3.47. The Morgan fingerprint density at radius 2 is 1.85 bits per heavy atom. The summed E-state index contributed by atoms with van der Waals surface area (Å²) in [4.78, 5) is 2.18. The summed E-state index contributed by atoms with van der Waals surface area (Å²) in [7, 11) is 4.18. The maximum Gasteiger partial charge on any atom is 0.0217 e. The first-order chi connectivity index (χ1) is 6.12. The molecule has 0 spiro atoms. The minimum absolute atomic E-state index is 0.0612. The smallest absolute Gasteiger partial charge is 0.0217 e. The molecule has 2 nitrogen and oxygen atoms in total. The van der Waals surface area contributed by atoms with E-state index >= 15 is 0 Å². The lowest BCUT2D eigenvalue weighted by Crippen LogP contribution is -2.46. The van der Waals surface area contributed by atoms with Gasteiger partial charge in [0.2, 0.25) is 0 Å². The van der Waals surface area contributed by atoms with Crippen molar-refractivity contribution >= 4 is 0 Å². The van der Waals surface area contributed by atoms with E-state index in [9.17, 15) is 0 Å². The van der Waals surface area contributed by atoms with Crippen LogP contribution in [0.1, 0.15) is 32.1 Å². The molecule has 1 aliphatic carbocycles. The molecule has 1 saturated carbocycles. The molecular weight excluding hydrogens is 160 g/mol. The number of nitrogens with zero attached hydrogens (tertiary/aromatic N) is 1. The molecule has 2 heteroatoms. The van der Waals surface area contributed by atoms with E-state index in [1.165, 1.54) is 19.3 Å². The molecule has 0 saturated heterocycles. The Hall–Kier alpha value is -0.0800. The second-order valence-electron chi connectivity index (χ2n) is 4.45. The van der Waals surface area contributed by atoms with Crippen LogP contribution in [0.25, 0.3) is 0 Å². The highest BCUT2D eigenvalue weighted by atomic mass is 15.1. The van der Waals surface area contributed by atoms with Gasteiger partial charge in [0.1, 0.15) is 0 Å². The SMILES string of the molecule is [CH]C1(NCCN(C)C)CCCCC1. The lowest BCUT2D eigenvalue weighted by atomic mass is 9.83. The molecule has 0 amide bonds. The summed E-state index contributed by atoms with van der Waals surface area (Å²) in [5.74, 6) is 0. The van der Waals surface area contributed by atoms with Gasteiger partial charge in [0.25, 0.3) is 0 Å². The van der Waals surface area contributed by atoms with Crippen LogP contribution in [0.3, 0.4) is 0 Å². The van der Waals surface area contributed by atoms with Gasteiger partial charge in [-0.2, -0.15) is 0 Å². The van der Waals surface area contributed by atoms with Crippen molar-refractivity contribution in [1.29, 1.82) is 0 Å². The first kappa shape index (κ1) is 11.0. The maximum absolute atomic E-state index is 6.22.